The first-order valence-corrected chi connectivity index (χ1v) is 7.29. The molecule has 92 valence electrons. The van der Waals surface area contributed by atoms with E-state index < -0.39 is 9.84 Å². The third-order valence-corrected chi connectivity index (χ3v) is 4.57. The van der Waals surface area contributed by atoms with Gasteiger partial charge in [0.25, 0.3) is 0 Å². The molecule has 1 aromatic carbocycles. The second-order valence-electron chi connectivity index (χ2n) is 4.18. The largest absolute Gasteiger partial charge is 0.398 e. The smallest absolute Gasteiger partial charge is 0.154 e. The van der Waals surface area contributed by atoms with Gasteiger partial charge in [0.05, 0.1) is 11.3 Å². The van der Waals surface area contributed by atoms with Crippen LogP contribution in [0.5, 0.6) is 0 Å². The van der Waals surface area contributed by atoms with Crippen LogP contribution in [0.4, 0.5) is 5.69 Å². The van der Waals surface area contributed by atoms with Crippen molar-refractivity contribution in [3.05, 3.63) is 30.0 Å². The Balaban J connectivity index is 2.63. The zero-order valence-corrected chi connectivity index (χ0v) is 10.8. The van der Waals surface area contributed by atoms with Crippen molar-refractivity contribution in [2.75, 3.05) is 11.5 Å². The van der Waals surface area contributed by atoms with E-state index in [0.717, 1.165) is 16.5 Å². The summed E-state index contributed by atoms with van der Waals surface area (Å²) in [6.45, 7) is 1.66. The highest BCUT2D eigenvalue weighted by Crippen LogP contribution is 2.27. The molecule has 2 rings (SSSR count). The van der Waals surface area contributed by atoms with Gasteiger partial charge in [0.15, 0.2) is 9.84 Å². The Kier molecular flexibility index (Phi) is 2.87. The van der Waals surface area contributed by atoms with Gasteiger partial charge in [0.2, 0.25) is 0 Å². The molecular weight excluding hydrogens is 236 g/mol. The molecule has 0 bridgehead atoms. The number of aryl methyl sites for hydroxylation is 1. The molecule has 0 spiro atoms. The van der Waals surface area contributed by atoms with Crippen molar-refractivity contribution in [3.63, 3.8) is 0 Å². The molecule has 4 nitrogen and oxygen atoms in total. The number of sulfone groups is 1. The maximum absolute atomic E-state index is 11.7. The van der Waals surface area contributed by atoms with E-state index in [9.17, 15) is 8.42 Å². The zero-order chi connectivity index (χ0) is 12.6. The molecule has 0 atom stereocenters. The Hall–Kier alpha value is -1.49. The molecule has 2 aromatic rings. The third kappa shape index (κ3) is 2.15. The predicted octanol–water partition coefficient (Wildman–Crippen LogP) is 1.70. The average Bonchev–Trinajstić information content (AvgIpc) is 2.57. The number of nitrogen functional groups attached to an aromatic ring is 1. The third-order valence-electron chi connectivity index (χ3n) is 2.94. The Labute approximate surface area is 101 Å². The van der Waals surface area contributed by atoms with Gasteiger partial charge in [-0.2, -0.15) is 0 Å². The number of nitrogens with two attached hydrogens (primary N) is 1. The molecule has 0 saturated carbocycles. The zero-order valence-electron chi connectivity index (χ0n) is 9.97. The van der Waals surface area contributed by atoms with Crippen LogP contribution in [-0.4, -0.2) is 18.7 Å². The van der Waals surface area contributed by atoms with Gasteiger partial charge in [-0.05, 0) is 17.7 Å². The minimum Gasteiger partial charge on any atom is -0.398 e. The van der Waals surface area contributed by atoms with Crippen LogP contribution >= 0.6 is 0 Å². The quantitative estimate of drug-likeness (QED) is 0.845. The van der Waals surface area contributed by atoms with E-state index in [-0.39, 0.29) is 11.5 Å². The molecule has 0 radical (unpaired) electrons. The summed E-state index contributed by atoms with van der Waals surface area (Å²) in [4.78, 5) is 0. The highest BCUT2D eigenvalue weighted by molar-refractivity contribution is 7.90. The first kappa shape index (κ1) is 12.0. The van der Waals surface area contributed by atoms with Gasteiger partial charge in [0, 0.05) is 30.1 Å². The highest BCUT2D eigenvalue weighted by atomic mass is 32.2. The SMILES string of the molecule is CCS(=O)(=O)Cc1cn(C)c2cccc(N)c12. The number of aromatic nitrogens is 1. The molecule has 0 unspecified atom stereocenters. The van der Waals surface area contributed by atoms with Crippen molar-refractivity contribution in [2.24, 2.45) is 7.05 Å². The maximum atomic E-state index is 11.7. The molecule has 0 aliphatic rings. The van der Waals surface area contributed by atoms with Crippen LogP contribution in [-0.2, 0) is 22.6 Å². The fourth-order valence-corrected chi connectivity index (χ4v) is 2.91. The van der Waals surface area contributed by atoms with E-state index in [1.54, 1.807) is 13.0 Å². The van der Waals surface area contributed by atoms with Crippen molar-refractivity contribution in [1.29, 1.82) is 0 Å². The summed E-state index contributed by atoms with van der Waals surface area (Å²) in [6, 6.07) is 5.61. The second kappa shape index (κ2) is 4.07. The lowest BCUT2D eigenvalue weighted by molar-refractivity contribution is 0.596. The van der Waals surface area contributed by atoms with Gasteiger partial charge < -0.3 is 10.3 Å². The van der Waals surface area contributed by atoms with Crippen LogP contribution in [0, 0.1) is 0 Å². The topological polar surface area (TPSA) is 65.1 Å². The van der Waals surface area contributed by atoms with E-state index in [1.165, 1.54) is 0 Å². The van der Waals surface area contributed by atoms with Gasteiger partial charge in [-0.3, -0.25) is 0 Å². The summed E-state index contributed by atoms with van der Waals surface area (Å²) in [5.74, 6) is 0.200. The van der Waals surface area contributed by atoms with Gasteiger partial charge in [-0.15, -0.1) is 0 Å². The molecule has 2 N–H and O–H groups in total. The van der Waals surface area contributed by atoms with Crippen LogP contribution in [0.3, 0.4) is 0 Å². The molecule has 0 aliphatic carbocycles. The number of anilines is 1. The van der Waals surface area contributed by atoms with Crippen LogP contribution in [0.15, 0.2) is 24.4 Å². The standard InChI is InChI=1S/C12H16N2O2S/c1-3-17(15,16)8-9-7-14(2)11-6-4-5-10(13)12(9)11/h4-7H,3,8,13H2,1-2H3. The van der Waals surface area contributed by atoms with Gasteiger partial charge in [-0.25, -0.2) is 8.42 Å². The average molecular weight is 252 g/mol. The summed E-state index contributed by atoms with van der Waals surface area (Å²) in [7, 11) is -1.14. The molecule has 1 heterocycles. The van der Waals surface area contributed by atoms with Crippen molar-refractivity contribution >= 4 is 26.4 Å². The summed E-state index contributed by atoms with van der Waals surface area (Å²) < 4.78 is 25.3. The number of benzene rings is 1. The van der Waals surface area contributed by atoms with Crippen molar-refractivity contribution < 1.29 is 8.42 Å². The first-order chi connectivity index (χ1) is 7.94. The highest BCUT2D eigenvalue weighted by Gasteiger charge is 2.15. The van der Waals surface area contributed by atoms with E-state index >= 15 is 0 Å². The first-order valence-electron chi connectivity index (χ1n) is 5.47. The number of hydrogen-bond donors (Lipinski definition) is 1. The number of fused-ring (bicyclic) bond motifs is 1. The monoisotopic (exact) mass is 252 g/mol. The summed E-state index contributed by atoms with van der Waals surface area (Å²) in [5.41, 5.74) is 8.30. The Bertz CT molecular complexity index is 656. The van der Waals surface area contributed by atoms with Crippen molar-refractivity contribution in [3.8, 4) is 0 Å². The van der Waals surface area contributed by atoms with E-state index in [4.69, 9.17) is 5.73 Å². The molecule has 0 aliphatic heterocycles. The lowest BCUT2D eigenvalue weighted by Gasteiger charge is -2.02. The van der Waals surface area contributed by atoms with E-state index in [2.05, 4.69) is 0 Å². The molecule has 5 heteroatoms. The van der Waals surface area contributed by atoms with Crippen LogP contribution in [0.25, 0.3) is 10.9 Å². The summed E-state index contributed by atoms with van der Waals surface area (Å²) in [6.07, 6.45) is 1.84. The normalized spacial score (nSPS) is 12.1. The molecular formula is C12H16N2O2S. The van der Waals surface area contributed by atoms with Gasteiger partial charge >= 0.3 is 0 Å². The number of rotatable bonds is 3. The summed E-state index contributed by atoms with van der Waals surface area (Å²) >= 11 is 0. The maximum Gasteiger partial charge on any atom is 0.154 e. The second-order valence-corrected chi connectivity index (χ2v) is 6.54. The van der Waals surface area contributed by atoms with Gasteiger partial charge in [-0.1, -0.05) is 13.0 Å². The van der Waals surface area contributed by atoms with Crippen molar-refractivity contribution in [2.45, 2.75) is 12.7 Å². The molecule has 0 fully saturated rings. The molecule has 0 saturated heterocycles. The lowest BCUT2D eigenvalue weighted by atomic mass is 10.1. The summed E-state index contributed by atoms with van der Waals surface area (Å²) in [5, 5.41) is 0.854. The predicted molar refractivity (Wildman–Crippen MR) is 70.5 cm³/mol. The van der Waals surface area contributed by atoms with Crippen LogP contribution in [0.1, 0.15) is 12.5 Å². The Morgan fingerprint density at radius 1 is 1.35 bits per heavy atom. The number of nitrogens with zero attached hydrogens (tertiary/aromatic N) is 1. The van der Waals surface area contributed by atoms with Crippen molar-refractivity contribution in [1.82, 2.24) is 4.57 Å². The minimum atomic E-state index is -3.04. The fourth-order valence-electron chi connectivity index (χ4n) is 2.02. The van der Waals surface area contributed by atoms with Crippen LogP contribution < -0.4 is 5.73 Å². The molecule has 17 heavy (non-hydrogen) atoms. The van der Waals surface area contributed by atoms with Gasteiger partial charge in [0.1, 0.15) is 0 Å². The Morgan fingerprint density at radius 2 is 2.06 bits per heavy atom. The minimum absolute atomic E-state index is 0.0506. The number of hydrogen-bond acceptors (Lipinski definition) is 3. The van der Waals surface area contributed by atoms with E-state index in [1.807, 2.05) is 29.9 Å². The Morgan fingerprint density at radius 3 is 2.71 bits per heavy atom. The molecule has 0 amide bonds. The van der Waals surface area contributed by atoms with E-state index in [0.29, 0.717) is 5.69 Å². The lowest BCUT2D eigenvalue weighted by Crippen LogP contribution is -2.06. The molecule has 1 aromatic heterocycles. The fraction of sp³-hybridized carbons (Fsp3) is 0.333. The van der Waals surface area contributed by atoms with Crippen LogP contribution in [0.2, 0.25) is 0 Å².